The van der Waals surface area contributed by atoms with Gasteiger partial charge in [-0.15, -0.1) is 0 Å². The van der Waals surface area contributed by atoms with Crippen LogP contribution in [-0.4, -0.2) is 64.2 Å². The molecule has 3 heterocycles. The van der Waals surface area contributed by atoms with Crippen molar-refractivity contribution in [1.82, 2.24) is 21.1 Å². The maximum atomic E-state index is 5.81. The average Bonchev–Trinajstić information content (AvgIpc) is 3.23. The fraction of sp³-hybridized carbons (Fsp3) is 0.647. The van der Waals surface area contributed by atoms with E-state index in [-0.39, 0.29) is 12.1 Å². The first-order chi connectivity index (χ1) is 11.8. The third kappa shape index (κ3) is 3.50. The summed E-state index contributed by atoms with van der Waals surface area (Å²) in [5.41, 5.74) is 7.89. The minimum atomic E-state index is 0.266. The van der Waals surface area contributed by atoms with E-state index in [1.54, 1.807) is 0 Å². The summed E-state index contributed by atoms with van der Waals surface area (Å²) < 4.78 is 16.7. The molecule has 0 bridgehead atoms. The molecule has 24 heavy (non-hydrogen) atoms. The van der Waals surface area contributed by atoms with E-state index < -0.39 is 0 Å². The van der Waals surface area contributed by atoms with Gasteiger partial charge in [0.05, 0.1) is 18.8 Å². The summed E-state index contributed by atoms with van der Waals surface area (Å²) in [5.74, 6) is 2.15. The maximum Gasteiger partial charge on any atom is 0.231 e. The first-order valence-corrected chi connectivity index (χ1v) is 8.68. The Morgan fingerprint density at radius 2 is 2.17 bits per heavy atom. The lowest BCUT2D eigenvalue weighted by molar-refractivity contribution is -0.0183. The normalized spacial score (nSPS) is 30.0. The summed E-state index contributed by atoms with van der Waals surface area (Å²) in [6.07, 6.45) is 0.287. The van der Waals surface area contributed by atoms with Gasteiger partial charge in [0.15, 0.2) is 11.5 Å². The summed E-state index contributed by atoms with van der Waals surface area (Å²) in [4.78, 5) is 2.32. The van der Waals surface area contributed by atoms with Crippen LogP contribution >= 0.6 is 0 Å². The molecule has 132 valence electrons. The number of rotatable bonds is 5. The zero-order valence-electron chi connectivity index (χ0n) is 14.1. The zero-order chi connectivity index (χ0) is 16.4. The molecule has 0 amide bonds. The van der Waals surface area contributed by atoms with Crippen molar-refractivity contribution in [3.8, 4) is 11.5 Å². The van der Waals surface area contributed by atoms with Crippen LogP contribution < -0.4 is 25.6 Å². The van der Waals surface area contributed by atoms with Crippen LogP contribution in [0.1, 0.15) is 11.6 Å². The van der Waals surface area contributed by atoms with Crippen molar-refractivity contribution in [2.24, 2.45) is 5.92 Å². The minimum absolute atomic E-state index is 0.266. The van der Waals surface area contributed by atoms with Crippen molar-refractivity contribution in [2.45, 2.75) is 12.1 Å². The quantitative estimate of drug-likeness (QED) is 0.706. The summed E-state index contributed by atoms with van der Waals surface area (Å²) in [7, 11) is 2.15. The Morgan fingerprint density at radius 1 is 1.25 bits per heavy atom. The van der Waals surface area contributed by atoms with Crippen LogP contribution in [0.5, 0.6) is 11.5 Å². The van der Waals surface area contributed by atoms with Gasteiger partial charge in [0, 0.05) is 38.6 Å². The third-order valence-electron chi connectivity index (χ3n) is 4.97. The predicted molar refractivity (Wildman–Crippen MR) is 90.0 cm³/mol. The lowest BCUT2D eigenvalue weighted by atomic mass is 9.94. The number of hydrogen-bond acceptors (Lipinski definition) is 7. The summed E-state index contributed by atoms with van der Waals surface area (Å²) >= 11 is 0. The van der Waals surface area contributed by atoms with Gasteiger partial charge in [-0.25, -0.2) is 5.43 Å². The Morgan fingerprint density at radius 3 is 3.08 bits per heavy atom. The van der Waals surface area contributed by atoms with Crippen molar-refractivity contribution in [3.63, 3.8) is 0 Å². The Bertz CT molecular complexity index is 571. The van der Waals surface area contributed by atoms with Gasteiger partial charge in [-0.2, -0.15) is 0 Å². The topological polar surface area (TPSA) is 67.0 Å². The van der Waals surface area contributed by atoms with Crippen molar-refractivity contribution in [1.29, 1.82) is 0 Å². The molecule has 1 aromatic carbocycles. The standard InChI is InChI=1S/C17H26N4O3/c1-21-4-5-22-14(10-21)9-18-7-13-8-19-20-17(13)12-2-3-15-16(6-12)24-11-23-15/h2-3,6,13-14,17-20H,4-5,7-11H2,1H3. The molecule has 4 rings (SSSR count). The van der Waals surface area contributed by atoms with Gasteiger partial charge in [-0.05, 0) is 24.7 Å². The van der Waals surface area contributed by atoms with Crippen LogP contribution in [0, 0.1) is 5.92 Å². The van der Waals surface area contributed by atoms with Gasteiger partial charge in [0.2, 0.25) is 6.79 Å². The van der Waals surface area contributed by atoms with Gasteiger partial charge in [0.1, 0.15) is 0 Å². The third-order valence-corrected chi connectivity index (χ3v) is 4.97. The van der Waals surface area contributed by atoms with Crippen LogP contribution in [0.15, 0.2) is 18.2 Å². The highest BCUT2D eigenvalue weighted by atomic mass is 16.7. The fourth-order valence-corrected chi connectivity index (χ4v) is 3.61. The zero-order valence-corrected chi connectivity index (χ0v) is 14.1. The Balaban J connectivity index is 1.32. The van der Waals surface area contributed by atoms with E-state index in [9.17, 15) is 0 Å². The monoisotopic (exact) mass is 334 g/mol. The minimum Gasteiger partial charge on any atom is -0.454 e. The second kappa shape index (κ2) is 7.25. The Hall–Kier alpha value is -1.38. The molecule has 0 aliphatic carbocycles. The Kier molecular flexibility index (Phi) is 4.86. The molecular weight excluding hydrogens is 308 g/mol. The number of fused-ring (bicyclic) bond motifs is 1. The molecule has 0 aromatic heterocycles. The van der Waals surface area contributed by atoms with Crippen LogP contribution in [-0.2, 0) is 4.74 Å². The average molecular weight is 334 g/mol. The van der Waals surface area contributed by atoms with Gasteiger partial charge in [0.25, 0.3) is 0 Å². The molecule has 3 aliphatic rings. The maximum absolute atomic E-state index is 5.81. The second-order valence-corrected chi connectivity index (χ2v) is 6.79. The van der Waals surface area contributed by atoms with Gasteiger partial charge >= 0.3 is 0 Å². The van der Waals surface area contributed by atoms with Crippen molar-refractivity contribution in [3.05, 3.63) is 23.8 Å². The summed E-state index contributed by atoms with van der Waals surface area (Å²) in [5, 5.41) is 3.58. The number of nitrogens with one attached hydrogen (secondary N) is 3. The lowest BCUT2D eigenvalue weighted by Crippen LogP contribution is -2.45. The number of likely N-dealkylation sites (N-methyl/N-ethyl adjacent to an activating group) is 1. The molecule has 3 atom stereocenters. The Labute approximate surface area is 142 Å². The highest BCUT2D eigenvalue weighted by Crippen LogP contribution is 2.36. The van der Waals surface area contributed by atoms with E-state index in [1.165, 1.54) is 5.56 Å². The van der Waals surface area contributed by atoms with Gasteiger partial charge in [-0.1, -0.05) is 6.07 Å². The van der Waals surface area contributed by atoms with Crippen molar-refractivity contribution >= 4 is 0 Å². The highest BCUT2D eigenvalue weighted by molar-refractivity contribution is 5.45. The first kappa shape index (κ1) is 16.1. The number of ether oxygens (including phenoxy) is 3. The summed E-state index contributed by atoms with van der Waals surface area (Å²) in [6.45, 7) is 5.96. The molecule has 3 N–H and O–H groups in total. The molecule has 3 unspecified atom stereocenters. The largest absolute Gasteiger partial charge is 0.454 e. The van der Waals surface area contributed by atoms with Crippen LogP contribution in [0.2, 0.25) is 0 Å². The highest BCUT2D eigenvalue weighted by Gasteiger charge is 2.29. The molecule has 0 spiro atoms. The predicted octanol–water partition coefficient (Wildman–Crippen LogP) is 0.101. The van der Waals surface area contributed by atoms with Crippen LogP contribution in [0.4, 0.5) is 0 Å². The van der Waals surface area contributed by atoms with E-state index in [2.05, 4.69) is 40.2 Å². The molecule has 2 saturated heterocycles. The van der Waals surface area contributed by atoms with E-state index in [0.717, 1.165) is 50.8 Å². The van der Waals surface area contributed by atoms with Crippen molar-refractivity contribution < 1.29 is 14.2 Å². The number of benzene rings is 1. The van der Waals surface area contributed by atoms with Gasteiger partial charge in [-0.3, -0.25) is 5.43 Å². The first-order valence-electron chi connectivity index (χ1n) is 8.68. The number of hydrazine groups is 1. The molecule has 0 saturated carbocycles. The second-order valence-electron chi connectivity index (χ2n) is 6.79. The van der Waals surface area contributed by atoms with E-state index in [0.29, 0.717) is 12.7 Å². The van der Waals surface area contributed by atoms with Crippen LogP contribution in [0.3, 0.4) is 0 Å². The molecule has 7 nitrogen and oxygen atoms in total. The SMILES string of the molecule is CN1CCOC(CNCC2CNNC2c2ccc3c(c2)OCO3)C1. The molecule has 1 aromatic rings. The molecule has 7 heteroatoms. The molecule has 3 aliphatic heterocycles. The number of hydrogen-bond donors (Lipinski definition) is 3. The molecule has 2 fully saturated rings. The summed E-state index contributed by atoms with van der Waals surface area (Å²) in [6, 6.07) is 6.46. The lowest BCUT2D eigenvalue weighted by Gasteiger charge is -2.30. The number of morpholine rings is 1. The van der Waals surface area contributed by atoms with Gasteiger partial charge < -0.3 is 24.4 Å². The fourth-order valence-electron chi connectivity index (χ4n) is 3.61. The molecular formula is C17H26N4O3. The van der Waals surface area contributed by atoms with E-state index in [4.69, 9.17) is 14.2 Å². The smallest absolute Gasteiger partial charge is 0.231 e. The molecule has 0 radical (unpaired) electrons. The van der Waals surface area contributed by atoms with E-state index >= 15 is 0 Å². The van der Waals surface area contributed by atoms with Crippen molar-refractivity contribution in [2.75, 3.05) is 53.2 Å². The number of nitrogens with zero attached hydrogens (tertiary/aromatic N) is 1. The van der Waals surface area contributed by atoms with E-state index in [1.807, 2.05) is 6.07 Å². The van der Waals surface area contributed by atoms with Crippen LogP contribution in [0.25, 0.3) is 0 Å².